The molecule has 0 unspecified atom stereocenters. The summed E-state index contributed by atoms with van der Waals surface area (Å²) in [5, 5.41) is 6.80. The van der Waals surface area contributed by atoms with E-state index in [1.807, 2.05) is 30.3 Å². The molecule has 0 saturated heterocycles. The highest BCUT2D eigenvalue weighted by Gasteiger charge is 2.32. The van der Waals surface area contributed by atoms with Gasteiger partial charge in [0.15, 0.2) is 0 Å². The topological polar surface area (TPSA) is 58.2 Å². The van der Waals surface area contributed by atoms with Gasteiger partial charge in [0, 0.05) is 17.3 Å². The molecule has 0 radical (unpaired) electrons. The molecule has 1 fully saturated rings. The summed E-state index contributed by atoms with van der Waals surface area (Å²) in [6, 6.07) is 9.90. The summed E-state index contributed by atoms with van der Waals surface area (Å²) >= 11 is 1.59. The zero-order chi connectivity index (χ0) is 17.2. The van der Waals surface area contributed by atoms with E-state index in [-0.39, 0.29) is 17.7 Å². The lowest BCUT2D eigenvalue weighted by molar-refractivity contribution is -0.117. The second-order valence-electron chi connectivity index (χ2n) is 6.85. The van der Waals surface area contributed by atoms with Gasteiger partial charge in [-0.25, -0.2) is 0 Å². The first-order valence-corrected chi connectivity index (χ1v) is 9.81. The van der Waals surface area contributed by atoms with Crippen molar-refractivity contribution in [1.29, 1.82) is 0 Å². The molecule has 1 heterocycles. The predicted molar refractivity (Wildman–Crippen MR) is 99.9 cm³/mol. The average Bonchev–Trinajstić information content (AvgIpc) is 3.42. The van der Waals surface area contributed by atoms with E-state index in [0.717, 1.165) is 54.7 Å². The third-order valence-corrected chi connectivity index (χ3v) is 6.09. The third-order valence-electron chi connectivity index (χ3n) is 4.88. The molecule has 25 heavy (non-hydrogen) atoms. The van der Waals surface area contributed by atoms with Gasteiger partial charge in [-0.1, -0.05) is 30.3 Å². The van der Waals surface area contributed by atoms with Crippen molar-refractivity contribution in [1.82, 2.24) is 5.32 Å². The van der Waals surface area contributed by atoms with E-state index in [4.69, 9.17) is 0 Å². The fraction of sp³-hybridized carbons (Fsp3) is 0.400. The summed E-state index contributed by atoms with van der Waals surface area (Å²) in [4.78, 5) is 26.4. The Labute approximate surface area is 151 Å². The lowest BCUT2D eigenvalue weighted by Crippen LogP contribution is -2.25. The van der Waals surface area contributed by atoms with Crippen LogP contribution in [0.25, 0.3) is 0 Å². The van der Waals surface area contributed by atoms with Crippen LogP contribution in [0.2, 0.25) is 0 Å². The summed E-state index contributed by atoms with van der Waals surface area (Å²) in [5.74, 6) is 0.129. The number of aryl methyl sites for hydroxylation is 1. The molecule has 2 amide bonds. The SMILES string of the molecule is O=C(NCc1ccccc1)c1c(NC(=O)C2CC2)sc2c1CCCC2. The fourth-order valence-corrected chi connectivity index (χ4v) is 4.61. The van der Waals surface area contributed by atoms with Gasteiger partial charge >= 0.3 is 0 Å². The van der Waals surface area contributed by atoms with Crippen molar-refractivity contribution in [2.75, 3.05) is 5.32 Å². The Morgan fingerprint density at radius 2 is 1.84 bits per heavy atom. The fourth-order valence-electron chi connectivity index (χ4n) is 3.32. The van der Waals surface area contributed by atoms with Gasteiger partial charge in [-0.2, -0.15) is 0 Å². The Bertz CT molecular complexity index is 794. The highest BCUT2D eigenvalue weighted by molar-refractivity contribution is 7.17. The van der Waals surface area contributed by atoms with Gasteiger partial charge < -0.3 is 10.6 Å². The first kappa shape index (κ1) is 16.3. The third kappa shape index (κ3) is 3.61. The summed E-state index contributed by atoms with van der Waals surface area (Å²) < 4.78 is 0. The number of fused-ring (bicyclic) bond motifs is 1. The largest absolute Gasteiger partial charge is 0.348 e. The highest BCUT2D eigenvalue weighted by Crippen LogP contribution is 2.39. The number of amides is 2. The summed E-state index contributed by atoms with van der Waals surface area (Å²) in [5.41, 5.74) is 2.92. The van der Waals surface area contributed by atoms with Gasteiger partial charge in [0.2, 0.25) is 5.91 Å². The molecule has 2 aliphatic rings. The first-order valence-electron chi connectivity index (χ1n) is 9.00. The normalized spacial score (nSPS) is 16.2. The van der Waals surface area contributed by atoms with E-state index in [0.29, 0.717) is 12.1 Å². The predicted octanol–water partition coefficient (Wildman–Crippen LogP) is 3.91. The van der Waals surface area contributed by atoms with Gasteiger partial charge in [-0.15, -0.1) is 11.3 Å². The number of thiophene rings is 1. The van der Waals surface area contributed by atoms with Gasteiger partial charge in [0.25, 0.3) is 5.91 Å². The lowest BCUT2D eigenvalue weighted by Gasteiger charge is -2.13. The van der Waals surface area contributed by atoms with Gasteiger partial charge in [-0.05, 0) is 49.7 Å². The molecule has 130 valence electrons. The molecule has 2 N–H and O–H groups in total. The summed E-state index contributed by atoms with van der Waals surface area (Å²) in [7, 11) is 0. The van der Waals surface area contributed by atoms with Crippen molar-refractivity contribution in [3.8, 4) is 0 Å². The summed E-state index contributed by atoms with van der Waals surface area (Å²) in [6.45, 7) is 0.500. The zero-order valence-corrected chi connectivity index (χ0v) is 15.0. The maximum atomic E-state index is 12.9. The molecule has 0 bridgehead atoms. The molecule has 2 aliphatic carbocycles. The van der Waals surface area contributed by atoms with E-state index in [9.17, 15) is 9.59 Å². The molecule has 0 atom stereocenters. The lowest BCUT2D eigenvalue weighted by atomic mass is 9.95. The minimum atomic E-state index is -0.0747. The number of anilines is 1. The first-order chi connectivity index (χ1) is 12.2. The molecule has 5 heteroatoms. The molecule has 4 nitrogen and oxygen atoms in total. The number of nitrogens with one attached hydrogen (secondary N) is 2. The molecule has 1 saturated carbocycles. The van der Waals surface area contributed by atoms with Gasteiger partial charge in [0.05, 0.1) is 5.56 Å². The van der Waals surface area contributed by atoms with Crippen molar-refractivity contribution in [3.05, 3.63) is 51.9 Å². The molecule has 1 aromatic heterocycles. The van der Waals surface area contributed by atoms with Crippen LogP contribution in [0, 0.1) is 5.92 Å². The number of carbonyl (C=O) groups excluding carboxylic acids is 2. The van der Waals surface area contributed by atoms with Crippen LogP contribution in [-0.4, -0.2) is 11.8 Å². The van der Waals surface area contributed by atoms with Crippen molar-refractivity contribution in [2.24, 2.45) is 5.92 Å². The number of hydrogen-bond acceptors (Lipinski definition) is 3. The zero-order valence-electron chi connectivity index (χ0n) is 14.1. The molecular weight excluding hydrogens is 332 g/mol. The van der Waals surface area contributed by atoms with Crippen LogP contribution >= 0.6 is 11.3 Å². The minimum Gasteiger partial charge on any atom is -0.348 e. The number of rotatable bonds is 5. The van der Waals surface area contributed by atoms with Crippen LogP contribution in [0.15, 0.2) is 30.3 Å². The highest BCUT2D eigenvalue weighted by atomic mass is 32.1. The summed E-state index contributed by atoms with van der Waals surface area (Å²) in [6.07, 6.45) is 6.14. The Kier molecular flexibility index (Phi) is 4.57. The van der Waals surface area contributed by atoms with Crippen molar-refractivity contribution in [2.45, 2.75) is 45.1 Å². The maximum Gasteiger partial charge on any atom is 0.254 e. The second kappa shape index (κ2) is 7.00. The Hall–Kier alpha value is -2.14. The van der Waals surface area contributed by atoms with Crippen LogP contribution in [0.4, 0.5) is 5.00 Å². The molecule has 0 spiro atoms. The molecule has 0 aliphatic heterocycles. The number of carbonyl (C=O) groups is 2. The van der Waals surface area contributed by atoms with Crippen molar-refractivity contribution >= 4 is 28.2 Å². The average molecular weight is 354 g/mol. The molecule has 4 rings (SSSR count). The van der Waals surface area contributed by atoms with E-state index in [2.05, 4.69) is 10.6 Å². The van der Waals surface area contributed by atoms with E-state index < -0.39 is 0 Å². The standard InChI is InChI=1S/C20H22N2O2S/c23-18(14-10-11-14)22-20-17(15-8-4-5-9-16(15)25-20)19(24)21-12-13-6-2-1-3-7-13/h1-3,6-7,14H,4-5,8-12H2,(H,21,24)(H,22,23). The van der Waals surface area contributed by atoms with E-state index in [1.165, 1.54) is 4.88 Å². The molecule has 2 aromatic rings. The molecular formula is C20H22N2O2S. The minimum absolute atomic E-state index is 0.0655. The van der Waals surface area contributed by atoms with Crippen LogP contribution in [0.3, 0.4) is 0 Å². The van der Waals surface area contributed by atoms with Crippen LogP contribution in [-0.2, 0) is 24.2 Å². The van der Waals surface area contributed by atoms with Crippen molar-refractivity contribution in [3.63, 3.8) is 0 Å². The van der Waals surface area contributed by atoms with Crippen LogP contribution < -0.4 is 10.6 Å². The van der Waals surface area contributed by atoms with Crippen LogP contribution in [0.5, 0.6) is 0 Å². The second-order valence-corrected chi connectivity index (χ2v) is 7.95. The quantitative estimate of drug-likeness (QED) is 0.855. The van der Waals surface area contributed by atoms with Gasteiger partial charge in [-0.3, -0.25) is 9.59 Å². The van der Waals surface area contributed by atoms with Gasteiger partial charge in [0.1, 0.15) is 5.00 Å². The number of benzene rings is 1. The van der Waals surface area contributed by atoms with Crippen LogP contribution in [0.1, 0.15) is 52.0 Å². The Morgan fingerprint density at radius 3 is 2.60 bits per heavy atom. The maximum absolute atomic E-state index is 12.9. The van der Waals surface area contributed by atoms with Crippen molar-refractivity contribution < 1.29 is 9.59 Å². The monoisotopic (exact) mass is 354 g/mol. The van der Waals surface area contributed by atoms with E-state index >= 15 is 0 Å². The molecule has 1 aromatic carbocycles. The smallest absolute Gasteiger partial charge is 0.254 e. The van der Waals surface area contributed by atoms with E-state index in [1.54, 1.807) is 11.3 Å². The number of hydrogen-bond donors (Lipinski definition) is 2. The Balaban J connectivity index is 1.56. The Morgan fingerprint density at radius 1 is 1.08 bits per heavy atom.